The van der Waals surface area contributed by atoms with Crippen molar-refractivity contribution >= 4 is 29.2 Å². The highest BCUT2D eigenvalue weighted by Gasteiger charge is 2.38. The maximum Gasteiger partial charge on any atom is 0.490 e. The molecule has 0 bridgehead atoms. The van der Waals surface area contributed by atoms with Gasteiger partial charge in [-0.15, -0.1) is 0 Å². The number of carboxylic acids is 1. The summed E-state index contributed by atoms with van der Waals surface area (Å²) < 4.78 is 46.4. The fraction of sp³-hybridized carbons (Fsp3) is 0.0952. The minimum Gasteiger partial charge on any atom is -0.508 e. The molecule has 0 fully saturated rings. The average Bonchev–Trinajstić information content (AvgIpc) is 3.26. The Labute approximate surface area is 178 Å². The highest BCUT2D eigenvalue weighted by Crippen LogP contribution is 2.42. The van der Waals surface area contributed by atoms with Crippen LogP contribution in [0.2, 0.25) is 0 Å². The number of phenols is 1. The summed E-state index contributed by atoms with van der Waals surface area (Å²) in [6, 6.07) is 9.09. The van der Waals surface area contributed by atoms with Gasteiger partial charge in [-0.05, 0) is 42.8 Å². The van der Waals surface area contributed by atoms with Gasteiger partial charge < -0.3 is 20.5 Å². The van der Waals surface area contributed by atoms with E-state index >= 15 is 0 Å². The molecule has 2 heterocycles. The second kappa shape index (κ2) is 8.53. The van der Waals surface area contributed by atoms with Crippen LogP contribution in [-0.4, -0.2) is 38.2 Å². The minimum atomic E-state index is -5.08. The largest absolute Gasteiger partial charge is 0.508 e. The number of carbonyl (C=O) groups excluding carboxylic acids is 1. The van der Waals surface area contributed by atoms with Crippen LogP contribution in [0.25, 0.3) is 22.8 Å². The van der Waals surface area contributed by atoms with Gasteiger partial charge in [0.1, 0.15) is 11.6 Å². The monoisotopic (exact) mass is 449 g/mol. The summed E-state index contributed by atoms with van der Waals surface area (Å²) >= 11 is 0. The molecule has 0 atom stereocenters. The molecule has 4 rings (SSSR count). The van der Waals surface area contributed by atoms with Gasteiger partial charge in [-0.25, -0.2) is 14.2 Å². The Morgan fingerprint density at radius 3 is 2.25 bits per heavy atom. The first-order valence-corrected chi connectivity index (χ1v) is 8.94. The first-order valence-electron chi connectivity index (χ1n) is 8.94. The molecule has 1 aliphatic heterocycles. The van der Waals surface area contributed by atoms with E-state index in [1.807, 2.05) is 6.92 Å². The standard InChI is InChI=1S/C19H14FN3O2.C2HF3O2/c1-10-16(22-9-21-10)8-13-18-15(23-19(13)25)7-6-14(20)17(18)11-2-4-12(24)5-3-11;3-2(4,5)1(6)7/h2-9,24H,1H3,(H,21,22)(H,23,25);(H,6,7)/b13-8-;. The zero-order valence-corrected chi connectivity index (χ0v) is 16.3. The van der Waals surface area contributed by atoms with E-state index in [0.29, 0.717) is 33.6 Å². The lowest BCUT2D eigenvalue weighted by Crippen LogP contribution is -2.21. The first kappa shape index (κ1) is 22.5. The SMILES string of the molecule is Cc1nc[nH]c1/C=C1\C(=O)Nc2ccc(F)c(-c3ccc(O)cc3)c21.O=C(O)C(F)(F)F. The molecule has 166 valence electrons. The van der Waals surface area contributed by atoms with Crippen molar-refractivity contribution in [1.29, 1.82) is 0 Å². The molecule has 0 unspecified atom stereocenters. The number of imidazole rings is 1. The number of hydrogen-bond donors (Lipinski definition) is 4. The van der Waals surface area contributed by atoms with E-state index < -0.39 is 18.0 Å². The number of aromatic nitrogens is 2. The Morgan fingerprint density at radius 2 is 1.72 bits per heavy atom. The van der Waals surface area contributed by atoms with Crippen LogP contribution in [0.3, 0.4) is 0 Å². The maximum absolute atomic E-state index is 14.6. The number of aliphatic carboxylic acids is 1. The molecular weight excluding hydrogens is 434 g/mol. The molecule has 0 saturated carbocycles. The Bertz CT molecular complexity index is 1210. The number of amides is 1. The van der Waals surface area contributed by atoms with E-state index in [4.69, 9.17) is 9.90 Å². The quantitative estimate of drug-likeness (QED) is 0.343. The molecule has 0 saturated heterocycles. The van der Waals surface area contributed by atoms with Crippen molar-refractivity contribution in [2.45, 2.75) is 13.1 Å². The second-order valence-corrected chi connectivity index (χ2v) is 6.61. The van der Waals surface area contributed by atoms with Crippen molar-refractivity contribution in [2.75, 3.05) is 5.32 Å². The summed E-state index contributed by atoms with van der Waals surface area (Å²) in [4.78, 5) is 28.4. The molecule has 1 aromatic heterocycles. The molecule has 0 radical (unpaired) electrons. The number of rotatable bonds is 2. The topological polar surface area (TPSA) is 115 Å². The van der Waals surface area contributed by atoms with Gasteiger partial charge in [0, 0.05) is 16.8 Å². The number of halogens is 4. The van der Waals surface area contributed by atoms with Crippen LogP contribution in [0.15, 0.2) is 42.7 Å². The Balaban J connectivity index is 0.000000360. The third-order valence-corrected chi connectivity index (χ3v) is 4.47. The number of aromatic hydroxyl groups is 1. The number of phenolic OH excluding ortho intramolecular Hbond substituents is 1. The summed E-state index contributed by atoms with van der Waals surface area (Å²) in [6.07, 6.45) is -1.87. The number of nitrogens with one attached hydrogen (secondary N) is 2. The summed E-state index contributed by atoms with van der Waals surface area (Å²) in [6.45, 7) is 1.82. The highest BCUT2D eigenvalue weighted by atomic mass is 19.4. The van der Waals surface area contributed by atoms with Gasteiger partial charge in [0.15, 0.2) is 0 Å². The number of aryl methyl sites for hydroxylation is 1. The molecule has 1 aliphatic rings. The van der Waals surface area contributed by atoms with Crippen molar-refractivity contribution < 1.29 is 37.4 Å². The Morgan fingerprint density at radius 1 is 1.09 bits per heavy atom. The molecule has 2 aromatic carbocycles. The van der Waals surface area contributed by atoms with Gasteiger partial charge in [-0.2, -0.15) is 13.2 Å². The van der Waals surface area contributed by atoms with Gasteiger partial charge in [-0.3, -0.25) is 4.79 Å². The van der Waals surface area contributed by atoms with Crippen LogP contribution in [0.1, 0.15) is 17.0 Å². The zero-order chi connectivity index (χ0) is 23.6. The van der Waals surface area contributed by atoms with Crippen LogP contribution in [0.5, 0.6) is 5.75 Å². The molecule has 4 N–H and O–H groups in total. The number of carboxylic acid groups (broad SMARTS) is 1. The number of fused-ring (bicyclic) bond motifs is 1. The van der Waals surface area contributed by atoms with Crippen molar-refractivity contribution in [3.05, 3.63) is 65.5 Å². The first-order chi connectivity index (χ1) is 15.0. The van der Waals surface area contributed by atoms with Gasteiger partial charge in [0.05, 0.1) is 23.3 Å². The molecule has 7 nitrogen and oxygen atoms in total. The lowest BCUT2D eigenvalue weighted by Gasteiger charge is -2.10. The minimum absolute atomic E-state index is 0.0924. The van der Waals surface area contributed by atoms with Crippen LogP contribution < -0.4 is 5.32 Å². The summed E-state index contributed by atoms with van der Waals surface area (Å²) in [7, 11) is 0. The lowest BCUT2D eigenvalue weighted by molar-refractivity contribution is -0.192. The summed E-state index contributed by atoms with van der Waals surface area (Å²) in [5, 5.41) is 19.4. The molecule has 0 aliphatic carbocycles. The predicted octanol–water partition coefficient (Wildman–Crippen LogP) is 4.36. The third-order valence-electron chi connectivity index (χ3n) is 4.47. The molecular formula is C21H15F4N3O4. The predicted molar refractivity (Wildman–Crippen MR) is 107 cm³/mol. The van der Waals surface area contributed by atoms with Crippen LogP contribution >= 0.6 is 0 Å². The second-order valence-electron chi connectivity index (χ2n) is 6.61. The van der Waals surface area contributed by atoms with E-state index in [0.717, 1.165) is 5.69 Å². The van der Waals surface area contributed by atoms with Gasteiger partial charge in [0.2, 0.25) is 0 Å². The Kier molecular flexibility index (Phi) is 6.01. The van der Waals surface area contributed by atoms with Crippen LogP contribution in [0, 0.1) is 12.7 Å². The number of hydrogen-bond acceptors (Lipinski definition) is 4. The van der Waals surface area contributed by atoms with E-state index in [2.05, 4.69) is 15.3 Å². The third kappa shape index (κ3) is 4.61. The fourth-order valence-electron chi connectivity index (χ4n) is 2.98. The summed E-state index contributed by atoms with van der Waals surface area (Å²) in [5.41, 5.74) is 3.76. The number of nitrogens with zero attached hydrogens (tertiary/aromatic N) is 1. The number of carbonyl (C=O) groups is 2. The highest BCUT2D eigenvalue weighted by molar-refractivity contribution is 6.36. The molecule has 1 amide bonds. The van der Waals surface area contributed by atoms with E-state index in [1.165, 1.54) is 18.2 Å². The number of alkyl halides is 3. The number of anilines is 1. The number of benzene rings is 2. The van der Waals surface area contributed by atoms with Gasteiger partial charge in [-0.1, -0.05) is 12.1 Å². The Hall–Kier alpha value is -4.15. The normalized spacial score (nSPS) is 13.9. The smallest absolute Gasteiger partial charge is 0.490 e. The van der Waals surface area contributed by atoms with Crippen molar-refractivity contribution in [2.24, 2.45) is 0 Å². The van der Waals surface area contributed by atoms with Crippen molar-refractivity contribution in [3.8, 4) is 16.9 Å². The van der Waals surface area contributed by atoms with Gasteiger partial charge in [0.25, 0.3) is 5.91 Å². The number of aromatic amines is 1. The molecule has 0 spiro atoms. The van der Waals surface area contributed by atoms with E-state index in [9.17, 15) is 27.5 Å². The summed E-state index contributed by atoms with van der Waals surface area (Å²) in [5.74, 6) is -3.40. The van der Waals surface area contributed by atoms with E-state index in [-0.39, 0.29) is 11.7 Å². The average molecular weight is 449 g/mol. The number of H-pyrrole nitrogens is 1. The maximum atomic E-state index is 14.6. The molecule has 32 heavy (non-hydrogen) atoms. The lowest BCUT2D eigenvalue weighted by atomic mass is 9.93. The van der Waals surface area contributed by atoms with Crippen LogP contribution in [-0.2, 0) is 9.59 Å². The van der Waals surface area contributed by atoms with Crippen LogP contribution in [0.4, 0.5) is 23.2 Å². The van der Waals surface area contributed by atoms with Crippen molar-refractivity contribution in [1.82, 2.24) is 9.97 Å². The van der Waals surface area contributed by atoms with E-state index in [1.54, 1.807) is 30.6 Å². The van der Waals surface area contributed by atoms with Gasteiger partial charge >= 0.3 is 12.1 Å². The zero-order valence-electron chi connectivity index (χ0n) is 16.3. The van der Waals surface area contributed by atoms with Crippen molar-refractivity contribution in [3.63, 3.8) is 0 Å². The fourth-order valence-corrected chi connectivity index (χ4v) is 2.98. The molecule has 3 aromatic rings. The molecule has 11 heteroatoms.